The van der Waals surface area contributed by atoms with Gasteiger partial charge in [0.05, 0.1) is 0 Å². The van der Waals surface area contributed by atoms with Crippen LogP contribution < -0.4 is 10.2 Å². The van der Waals surface area contributed by atoms with Crippen molar-refractivity contribution < 1.29 is 14.7 Å². The molecule has 1 aromatic carbocycles. The number of aliphatic hydroxyl groups is 1. The van der Waals surface area contributed by atoms with E-state index in [1.165, 1.54) is 4.90 Å². The number of likely N-dealkylation sites (N-methyl/N-ethyl adjacent to an activating group) is 1. The summed E-state index contributed by atoms with van der Waals surface area (Å²) in [6.45, 7) is 1.38. The minimum absolute atomic E-state index is 0.106. The molecule has 2 N–H and O–H groups in total. The highest BCUT2D eigenvalue weighted by Crippen LogP contribution is 2.28. The largest absolute Gasteiger partial charge is 0.372 e. The summed E-state index contributed by atoms with van der Waals surface area (Å²) in [5.74, 6) is -1.18. The number of rotatable bonds is 5. The molecule has 1 saturated heterocycles. The molecule has 2 rings (SSSR count). The fraction of sp³-hybridized carbons (Fsp3) is 0.467. The van der Waals surface area contributed by atoms with Gasteiger partial charge in [0.2, 0.25) is 5.60 Å². The molecule has 0 aromatic heterocycles. The topological polar surface area (TPSA) is 72.9 Å². The molecule has 0 radical (unpaired) electrons. The third-order valence-corrected chi connectivity index (χ3v) is 3.58. The van der Waals surface area contributed by atoms with Crippen LogP contribution in [-0.2, 0) is 9.59 Å². The second kappa shape index (κ2) is 6.24. The maximum Gasteiger partial charge on any atom is 0.268 e. The van der Waals surface area contributed by atoms with E-state index in [9.17, 15) is 14.7 Å². The molecule has 114 valence electrons. The Morgan fingerprint density at radius 2 is 2.05 bits per heavy atom. The van der Waals surface area contributed by atoms with Gasteiger partial charge in [-0.05, 0) is 26.2 Å². The van der Waals surface area contributed by atoms with Crippen LogP contribution in [-0.4, -0.2) is 61.2 Å². The lowest BCUT2D eigenvalue weighted by molar-refractivity contribution is -0.149. The molecule has 1 heterocycles. The van der Waals surface area contributed by atoms with Gasteiger partial charge in [-0.15, -0.1) is 0 Å². The predicted octanol–water partition coefficient (Wildman–Crippen LogP) is -0.168. The van der Waals surface area contributed by atoms with Gasteiger partial charge in [-0.1, -0.05) is 18.2 Å². The van der Waals surface area contributed by atoms with E-state index in [4.69, 9.17) is 0 Å². The van der Waals surface area contributed by atoms with Crippen molar-refractivity contribution in [2.45, 2.75) is 12.0 Å². The summed E-state index contributed by atoms with van der Waals surface area (Å²) in [5.41, 5.74) is -1.26. The van der Waals surface area contributed by atoms with Gasteiger partial charge in [-0.25, -0.2) is 0 Å². The second-order valence-corrected chi connectivity index (χ2v) is 5.46. The Labute approximate surface area is 124 Å². The van der Waals surface area contributed by atoms with Crippen LogP contribution in [0.2, 0.25) is 0 Å². The number of benzene rings is 1. The van der Waals surface area contributed by atoms with E-state index in [0.717, 1.165) is 0 Å². The average Bonchev–Trinajstić information content (AvgIpc) is 2.77. The molecule has 1 aliphatic heterocycles. The Balaban J connectivity index is 2.04. The van der Waals surface area contributed by atoms with E-state index in [-0.39, 0.29) is 6.42 Å². The van der Waals surface area contributed by atoms with Crippen molar-refractivity contribution in [3.05, 3.63) is 30.3 Å². The summed E-state index contributed by atoms with van der Waals surface area (Å²) in [6.07, 6.45) is 0.106. The molecular weight excluding hydrogens is 270 g/mol. The smallest absolute Gasteiger partial charge is 0.268 e. The molecule has 21 heavy (non-hydrogen) atoms. The molecular formula is C15H21N3O3. The van der Waals surface area contributed by atoms with Crippen LogP contribution >= 0.6 is 0 Å². The molecule has 0 spiro atoms. The minimum atomic E-state index is -1.96. The minimum Gasteiger partial charge on any atom is -0.372 e. The summed E-state index contributed by atoms with van der Waals surface area (Å²) in [6, 6.07) is 9.06. The molecule has 2 amide bonds. The Morgan fingerprint density at radius 1 is 1.38 bits per heavy atom. The van der Waals surface area contributed by atoms with Gasteiger partial charge in [-0.2, -0.15) is 0 Å². The molecule has 6 heteroatoms. The van der Waals surface area contributed by atoms with E-state index in [2.05, 4.69) is 5.32 Å². The predicted molar refractivity (Wildman–Crippen MR) is 79.9 cm³/mol. The SMILES string of the molecule is CN(C)CCNC(=O)C1(O)CCN(c2ccccc2)C1=O. The summed E-state index contributed by atoms with van der Waals surface area (Å²) in [5, 5.41) is 13.0. The van der Waals surface area contributed by atoms with Crippen LogP contribution in [0.5, 0.6) is 0 Å². The summed E-state index contributed by atoms with van der Waals surface area (Å²) in [4.78, 5) is 27.8. The molecule has 0 aliphatic carbocycles. The van der Waals surface area contributed by atoms with E-state index in [1.54, 1.807) is 12.1 Å². The Morgan fingerprint density at radius 3 is 2.67 bits per heavy atom. The van der Waals surface area contributed by atoms with Crippen molar-refractivity contribution in [1.29, 1.82) is 0 Å². The normalized spacial score (nSPS) is 21.9. The van der Waals surface area contributed by atoms with Gasteiger partial charge in [-0.3, -0.25) is 9.59 Å². The number of carbonyl (C=O) groups is 2. The zero-order chi connectivity index (χ0) is 15.5. The van der Waals surface area contributed by atoms with Crippen LogP contribution in [0.4, 0.5) is 5.69 Å². The quantitative estimate of drug-likeness (QED) is 0.739. The van der Waals surface area contributed by atoms with Crippen LogP contribution in [0.3, 0.4) is 0 Å². The van der Waals surface area contributed by atoms with Crippen molar-refractivity contribution in [2.24, 2.45) is 0 Å². The average molecular weight is 291 g/mol. The van der Waals surface area contributed by atoms with Crippen molar-refractivity contribution >= 4 is 17.5 Å². The van der Waals surface area contributed by atoms with Crippen LogP contribution in [0.25, 0.3) is 0 Å². The molecule has 1 unspecified atom stereocenters. The van der Waals surface area contributed by atoms with Crippen molar-refractivity contribution in [1.82, 2.24) is 10.2 Å². The Kier molecular flexibility index (Phi) is 4.59. The van der Waals surface area contributed by atoms with E-state index in [0.29, 0.717) is 25.3 Å². The first-order valence-corrected chi connectivity index (χ1v) is 6.97. The number of anilines is 1. The van der Waals surface area contributed by atoms with Gasteiger partial charge >= 0.3 is 0 Å². The zero-order valence-corrected chi connectivity index (χ0v) is 12.4. The van der Waals surface area contributed by atoms with Gasteiger partial charge in [0.15, 0.2) is 0 Å². The van der Waals surface area contributed by atoms with Crippen molar-refractivity contribution in [3.8, 4) is 0 Å². The van der Waals surface area contributed by atoms with Crippen LogP contribution in [0, 0.1) is 0 Å². The number of nitrogens with one attached hydrogen (secondary N) is 1. The highest BCUT2D eigenvalue weighted by atomic mass is 16.3. The number of amides is 2. The highest BCUT2D eigenvalue weighted by Gasteiger charge is 2.51. The molecule has 0 saturated carbocycles. The summed E-state index contributed by atoms with van der Waals surface area (Å²) in [7, 11) is 3.78. The van der Waals surface area contributed by atoms with Crippen LogP contribution in [0.15, 0.2) is 30.3 Å². The second-order valence-electron chi connectivity index (χ2n) is 5.46. The van der Waals surface area contributed by atoms with E-state index < -0.39 is 17.4 Å². The summed E-state index contributed by atoms with van der Waals surface area (Å²) >= 11 is 0. The van der Waals surface area contributed by atoms with E-state index in [1.807, 2.05) is 37.2 Å². The number of nitrogens with zero attached hydrogens (tertiary/aromatic N) is 2. The number of carbonyl (C=O) groups excluding carboxylic acids is 2. The zero-order valence-electron chi connectivity index (χ0n) is 12.4. The lowest BCUT2D eigenvalue weighted by Crippen LogP contribution is -2.53. The fourth-order valence-electron chi connectivity index (χ4n) is 2.31. The van der Waals surface area contributed by atoms with Gasteiger partial charge < -0.3 is 20.2 Å². The van der Waals surface area contributed by atoms with Crippen molar-refractivity contribution in [2.75, 3.05) is 38.6 Å². The Bertz CT molecular complexity index is 518. The maximum atomic E-state index is 12.4. The van der Waals surface area contributed by atoms with E-state index >= 15 is 0 Å². The maximum absolute atomic E-state index is 12.4. The molecule has 1 fully saturated rings. The van der Waals surface area contributed by atoms with Crippen molar-refractivity contribution in [3.63, 3.8) is 0 Å². The molecule has 0 bridgehead atoms. The first-order chi connectivity index (χ1) is 9.95. The molecule has 1 aliphatic rings. The lowest BCUT2D eigenvalue weighted by atomic mass is 10.0. The third-order valence-electron chi connectivity index (χ3n) is 3.58. The molecule has 1 atom stereocenters. The fourth-order valence-corrected chi connectivity index (χ4v) is 2.31. The number of hydrogen-bond acceptors (Lipinski definition) is 4. The Hall–Kier alpha value is -1.92. The lowest BCUT2D eigenvalue weighted by Gasteiger charge is -2.22. The van der Waals surface area contributed by atoms with Gasteiger partial charge in [0, 0.05) is 31.7 Å². The monoisotopic (exact) mass is 291 g/mol. The van der Waals surface area contributed by atoms with Gasteiger partial charge in [0.1, 0.15) is 0 Å². The first kappa shape index (κ1) is 15.5. The molecule has 1 aromatic rings. The number of hydrogen-bond donors (Lipinski definition) is 2. The standard InChI is InChI=1S/C15H21N3O3/c1-17(2)11-9-16-13(19)15(21)8-10-18(14(15)20)12-6-4-3-5-7-12/h3-7,21H,8-11H2,1-2H3,(H,16,19). The third kappa shape index (κ3) is 3.22. The number of para-hydroxylation sites is 1. The first-order valence-electron chi connectivity index (χ1n) is 6.97. The summed E-state index contributed by atoms with van der Waals surface area (Å²) < 4.78 is 0. The highest BCUT2D eigenvalue weighted by molar-refractivity contribution is 6.16. The molecule has 6 nitrogen and oxygen atoms in total. The van der Waals surface area contributed by atoms with Gasteiger partial charge in [0.25, 0.3) is 11.8 Å². The van der Waals surface area contributed by atoms with Crippen LogP contribution in [0.1, 0.15) is 6.42 Å².